The van der Waals surface area contributed by atoms with Gasteiger partial charge < -0.3 is 9.64 Å². The minimum Gasteiger partial charge on any atom is -0.376 e. The van der Waals surface area contributed by atoms with Crippen molar-refractivity contribution in [1.82, 2.24) is 9.88 Å². The molecule has 0 saturated carbocycles. The molecule has 0 aromatic carbocycles. The molecule has 1 aliphatic rings. The van der Waals surface area contributed by atoms with E-state index >= 15 is 0 Å². The van der Waals surface area contributed by atoms with Gasteiger partial charge in [0.05, 0.1) is 12.3 Å². The first-order chi connectivity index (χ1) is 9.54. The van der Waals surface area contributed by atoms with E-state index in [1.165, 1.54) is 12.1 Å². The van der Waals surface area contributed by atoms with Crippen molar-refractivity contribution in [2.24, 2.45) is 5.92 Å². The first-order valence-corrected chi connectivity index (χ1v) is 6.83. The molecule has 6 heteroatoms. The Balaban J connectivity index is 1.80. The largest absolute Gasteiger partial charge is 0.376 e. The lowest BCUT2D eigenvalue weighted by molar-refractivity contribution is 0.0440. The first kappa shape index (κ1) is 14.7. The first-order valence-electron chi connectivity index (χ1n) is 6.83. The van der Waals surface area contributed by atoms with Crippen LogP contribution in [0.2, 0.25) is 0 Å². The van der Waals surface area contributed by atoms with Crippen LogP contribution in [0.1, 0.15) is 20.3 Å². The van der Waals surface area contributed by atoms with Crippen LogP contribution in [0.3, 0.4) is 0 Å². The molecular formula is C14H20FN3O2. The average Bonchev–Trinajstić information content (AvgIpc) is 2.88. The van der Waals surface area contributed by atoms with Crippen molar-refractivity contribution < 1.29 is 13.9 Å². The molecule has 2 rings (SSSR count). The molecule has 1 fully saturated rings. The lowest BCUT2D eigenvalue weighted by atomic mass is 10.2. The average molecular weight is 281 g/mol. The van der Waals surface area contributed by atoms with Crippen LogP contribution < -0.4 is 5.32 Å². The summed E-state index contributed by atoms with van der Waals surface area (Å²) < 4.78 is 18.4. The zero-order valence-corrected chi connectivity index (χ0v) is 11.8. The number of nitrogens with one attached hydrogen (secondary N) is 1. The number of carbonyl (C=O) groups is 1. The van der Waals surface area contributed by atoms with Crippen molar-refractivity contribution in [3.63, 3.8) is 0 Å². The number of ether oxygens (including phenoxy) is 1. The Morgan fingerprint density at radius 2 is 2.40 bits per heavy atom. The van der Waals surface area contributed by atoms with Crippen molar-refractivity contribution in [2.75, 3.05) is 25.0 Å². The van der Waals surface area contributed by atoms with E-state index in [1.807, 2.05) is 0 Å². The number of hydrogen-bond acceptors (Lipinski definition) is 3. The monoisotopic (exact) mass is 281 g/mol. The second-order valence-corrected chi connectivity index (χ2v) is 5.38. The SMILES string of the molecule is CC(C)COC1CCN(C(=O)Nc2ccc(F)cn2)C1. The van der Waals surface area contributed by atoms with E-state index in [0.717, 1.165) is 12.6 Å². The van der Waals surface area contributed by atoms with Crippen LogP contribution in [0.4, 0.5) is 15.0 Å². The molecule has 5 nitrogen and oxygen atoms in total. The van der Waals surface area contributed by atoms with E-state index in [2.05, 4.69) is 24.1 Å². The number of anilines is 1. The maximum Gasteiger partial charge on any atom is 0.323 e. The highest BCUT2D eigenvalue weighted by atomic mass is 19.1. The minimum atomic E-state index is -0.425. The van der Waals surface area contributed by atoms with Crippen LogP contribution >= 0.6 is 0 Å². The van der Waals surface area contributed by atoms with Crippen molar-refractivity contribution in [1.29, 1.82) is 0 Å². The van der Waals surface area contributed by atoms with Crippen molar-refractivity contribution in [3.8, 4) is 0 Å². The quantitative estimate of drug-likeness (QED) is 0.922. The van der Waals surface area contributed by atoms with Gasteiger partial charge in [0.25, 0.3) is 0 Å². The number of urea groups is 1. The standard InChI is InChI=1S/C14H20FN3O2/c1-10(2)9-20-12-5-6-18(8-12)14(19)17-13-4-3-11(15)7-16-13/h3-4,7,10,12H,5-6,8-9H2,1-2H3,(H,16,17,19). The maximum absolute atomic E-state index is 12.7. The Hall–Kier alpha value is -1.69. The number of likely N-dealkylation sites (tertiary alicyclic amines) is 1. The van der Waals surface area contributed by atoms with E-state index in [4.69, 9.17) is 4.74 Å². The highest BCUT2D eigenvalue weighted by Gasteiger charge is 2.27. The lowest BCUT2D eigenvalue weighted by Gasteiger charge is -2.17. The molecule has 2 heterocycles. The number of rotatable bonds is 4. The molecule has 0 spiro atoms. The van der Waals surface area contributed by atoms with Crippen molar-refractivity contribution in [2.45, 2.75) is 26.4 Å². The molecule has 1 N–H and O–H groups in total. The van der Waals surface area contributed by atoms with E-state index in [1.54, 1.807) is 4.90 Å². The van der Waals surface area contributed by atoms with Gasteiger partial charge in [-0.25, -0.2) is 14.2 Å². The van der Waals surface area contributed by atoms with Crippen LogP contribution in [-0.4, -0.2) is 41.7 Å². The number of nitrogens with zero attached hydrogens (tertiary/aromatic N) is 2. The van der Waals surface area contributed by atoms with Crippen molar-refractivity contribution >= 4 is 11.8 Å². The summed E-state index contributed by atoms with van der Waals surface area (Å²) in [5.74, 6) is 0.413. The normalized spacial score (nSPS) is 18.6. The van der Waals surface area contributed by atoms with Gasteiger partial charge in [0.15, 0.2) is 0 Å². The second kappa shape index (κ2) is 6.65. The molecule has 2 amide bonds. The second-order valence-electron chi connectivity index (χ2n) is 5.38. The molecule has 1 aromatic rings. The summed E-state index contributed by atoms with van der Waals surface area (Å²) in [7, 11) is 0. The summed E-state index contributed by atoms with van der Waals surface area (Å²) in [6.07, 6.45) is 2.02. The fraction of sp³-hybridized carbons (Fsp3) is 0.571. The third-order valence-electron chi connectivity index (χ3n) is 3.06. The number of hydrogen-bond donors (Lipinski definition) is 1. The van der Waals surface area contributed by atoms with Gasteiger partial charge >= 0.3 is 6.03 Å². The molecule has 0 aliphatic carbocycles. The maximum atomic E-state index is 12.7. The van der Waals surface area contributed by atoms with E-state index < -0.39 is 5.82 Å². The fourth-order valence-electron chi connectivity index (χ4n) is 2.02. The summed E-state index contributed by atoms with van der Waals surface area (Å²) in [5, 5.41) is 2.65. The van der Waals surface area contributed by atoms with Gasteiger partial charge in [0.2, 0.25) is 0 Å². The zero-order valence-electron chi connectivity index (χ0n) is 11.8. The summed E-state index contributed by atoms with van der Waals surface area (Å²) in [6, 6.07) is 2.48. The molecule has 1 aliphatic heterocycles. The minimum absolute atomic E-state index is 0.101. The Kier molecular flexibility index (Phi) is 4.89. The summed E-state index contributed by atoms with van der Waals surface area (Å²) in [6.45, 7) is 6.15. The van der Waals surface area contributed by atoms with Crippen molar-refractivity contribution in [3.05, 3.63) is 24.1 Å². The Labute approximate surface area is 118 Å². The molecule has 1 unspecified atom stereocenters. The number of halogens is 1. The predicted molar refractivity (Wildman–Crippen MR) is 74.0 cm³/mol. The molecule has 20 heavy (non-hydrogen) atoms. The van der Waals surface area contributed by atoms with Gasteiger partial charge in [-0.2, -0.15) is 0 Å². The van der Waals surface area contributed by atoms with Crippen LogP contribution in [0.5, 0.6) is 0 Å². The number of carbonyl (C=O) groups excluding carboxylic acids is 1. The van der Waals surface area contributed by atoms with Crippen LogP contribution in [-0.2, 0) is 4.74 Å². The Bertz CT molecular complexity index is 450. The molecule has 1 atom stereocenters. The van der Waals surface area contributed by atoms with E-state index in [-0.39, 0.29) is 12.1 Å². The van der Waals surface area contributed by atoms with Gasteiger partial charge in [0, 0.05) is 19.7 Å². The predicted octanol–water partition coefficient (Wildman–Crippen LogP) is 2.50. The molecule has 0 bridgehead atoms. The van der Waals surface area contributed by atoms with Crippen LogP contribution in [0.25, 0.3) is 0 Å². The molecule has 0 radical (unpaired) electrons. The van der Waals surface area contributed by atoms with E-state index in [0.29, 0.717) is 31.4 Å². The molecule has 1 aromatic heterocycles. The number of pyridine rings is 1. The lowest BCUT2D eigenvalue weighted by Crippen LogP contribution is -2.34. The van der Waals surface area contributed by atoms with Gasteiger partial charge in [-0.1, -0.05) is 13.8 Å². The molecular weight excluding hydrogens is 261 g/mol. The highest BCUT2D eigenvalue weighted by molar-refractivity contribution is 5.88. The van der Waals surface area contributed by atoms with E-state index in [9.17, 15) is 9.18 Å². The van der Waals surface area contributed by atoms with Gasteiger partial charge in [-0.15, -0.1) is 0 Å². The third-order valence-corrected chi connectivity index (χ3v) is 3.06. The molecule has 110 valence electrons. The molecule has 1 saturated heterocycles. The van der Waals surface area contributed by atoms with Gasteiger partial charge in [-0.3, -0.25) is 5.32 Å². The third kappa shape index (κ3) is 4.16. The summed E-state index contributed by atoms with van der Waals surface area (Å²) >= 11 is 0. The van der Waals surface area contributed by atoms with Crippen LogP contribution in [0.15, 0.2) is 18.3 Å². The summed E-state index contributed by atoms with van der Waals surface area (Å²) in [4.78, 5) is 17.5. The Morgan fingerprint density at radius 3 is 3.05 bits per heavy atom. The topological polar surface area (TPSA) is 54.5 Å². The highest BCUT2D eigenvalue weighted by Crippen LogP contribution is 2.15. The fourth-order valence-corrected chi connectivity index (χ4v) is 2.02. The number of aromatic nitrogens is 1. The summed E-state index contributed by atoms with van der Waals surface area (Å²) in [5.41, 5.74) is 0. The van der Waals surface area contributed by atoms with Gasteiger partial charge in [-0.05, 0) is 24.5 Å². The number of amides is 2. The van der Waals surface area contributed by atoms with Gasteiger partial charge in [0.1, 0.15) is 11.6 Å². The van der Waals surface area contributed by atoms with Crippen LogP contribution in [0, 0.1) is 11.7 Å². The zero-order chi connectivity index (χ0) is 14.5. The Morgan fingerprint density at radius 1 is 1.60 bits per heavy atom. The smallest absolute Gasteiger partial charge is 0.323 e.